The number of hydrogen-bond donors (Lipinski definition) is 1. The highest BCUT2D eigenvalue weighted by molar-refractivity contribution is 7.90. The van der Waals surface area contributed by atoms with Gasteiger partial charge < -0.3 is 10.2 Å². The first-order chi connectivity index (χ1) is 16.5. The van der Waals surface area contributed by atoms with Crippen molar-refractivity contribution in [2.45, 2.75) is 45.7 Å². The lowest BCUT2D eigenvalue weighted by Gasteiger charge is -2.33. The van der Waals surface area contributed by atoms with Crippen LogP contribution in [0.3, 0.4) is 0 Å². The Morgan fingerprint density at radius 1 is 1.00 bits per heavy atom. The number of hydrogen-bond acceptors (Lipinski definition) is 4. The van der Waals surface area contributed by atoms with Gasteiger partial charge in [0.25, 0.3) is 0 Å². The second-order valence-electron chi connectivity index (χ2n) is 8.56. The Labute approximate surface area is 207 Å². The minimum atomic E-state index is -4.20. The van der Waals surface area contributed by atoms with Crippen molar-refractivity contribution >= 4 is 27.7 Å². The summed E-state index contributed by atoms with van der Waals surface area (Å²) in [7, 11) is -1.58. The van der Waals surface area contributed by atoms with Crippen LogP contribution in [0.15, 0.2) is 54.6 Å². The van der Waals surface area contributed by atoms with Gasteiger partial charge in [-0.25, -0.2) is 8.70 Å². The maximum atomic E-state index is 14.6. The summed E-state index contributed by atoms with van der Waals surface area (Å²) in [5.41, 5.74) is 0.723. The molecule has 0 saturated carbocycles. The molecule has 0 spiro atoms. The van der Waals surface area contributed by atoms with Gasteiger partial charge >= 0.3 is 10.2 Å². The van der Waals surface area contributed by atoms with Crippen molar-refractivity contribution in [3.63, 3.8) is 0 Å². The van der Waals surface area contributed by atoms with Crippen LogP contribution in [0.2, 0.25) is 0 Å². The van der Waals surface area contributed by atoms with E-state index < -0.39 is 34.5 Å². The number of amides is 2. The van der Waals surface area contributed by atoms with E-state index in [0.717, 1.165) is 26.7 Å². The molecule has 0 aliphatic carbocycles. The van der Waals surface area contributed by atoms with Gasteiger partial charge in [0, 0.05) is 26.7 Å². The molecule has 0 aliphatic rings. The third kappa shape index (κ3) is 7.50. The minimum absolute atomic E-state index is 0.0833. The van der Waals surface area contributed by atoms with Crippen LogP contribution in [-0.2, 0) is 26.2 Å². The SMILES string of the molecule is CC[C@@H](C)NC(=O)[C@H](C)N(CCc1ccccc1)C(=O)CN(c1ccccc1F)S(=O)(=O)N(C)C. The van der Waals surface area contributed by atoms with E-state index in [-0.39, 0.29) is 24.2 Å². The highest BCUT2D eigenvalue weighted by Gasteiger charge is 2.33. The van der Waals surface area contributed by atoms with Crippen LogP contribution in [0.25, 0.3) is 0 Å². The third-order valence-electron chi connectivity index (χ3n) is 5.79. The standard InChI is InChI=1S/C25H35FN4O4S/c1-6-19(2)27-25(32)20(3)29(17-16-21-12-8-7-9-13-21)24(31)18-30(35(33,34)28(4)5)23-15-11-10-14-22(23)26/h7-15,19-20H,6,16-18H2,1-5H3,(H,27,32)/t19-,20+/m1/s1. The molecule has 8 nitrogen and oxygen atoms in total. The molecule has 2 aromatic carbocycles. The molecule has 2 atom stereocenters. The molecule has 0 unspecified atom stereocenters. The van der Waals surface area contributed by atoms with Gasteiger partial charge in [-0.05, 0) is 44.4 Å². The molecule has 0 saturated heterocycles. The smallest absolute Gasteiger partial charge is 0.304 e. The molecule has 0 aliphatic heterocycles. The summed E-state index contributed by atoms with van der Waals surface area (Å²) in [5.74, 6) is -1.72. The second kappa shape index (κ2) is 12.6. The quantitative estimate of drug-likeness (QED) is 0.479. The Morgan fingerprint density at radius 3 is 2.17 bits per heavy atom. The monoisotopic (exact) mass is 506 g/mol. The maximum Gasteiger partial charge on any atom is 0.304 e. The number of carbonyl (C=O) groups excluding carboxylic acids is 2. The predicted molar refractivity (Wildman–Crippen MR) is 136 cm³/mol. The van der Waals surface area contributed by atoms with Gasteiger partial charge in [0.15, 0.2) is 0 Å². The third-order valence-corrected chi connectivity index (χ3v) is 7.60. The molecule has 2 aromatic rings. The van der Waals surface area contributed by atoms with Crippen LogP contribution in [0.5, 0.6) is 0 Å². The van der Waals surface area contributed by atoms with Crippen molar-refractivity contribution in [2.24, 2.45) is 0 Å². The zero-order valence-corrected chi connectivity index (χ0v) is 21.8. The first-order valence-electron chi connectivity index (χ1n) is 11.6. The van der Waals surface area contributed by atoms with E-state index in [9.17, 15) is 22.4 Å². The van der Waals surface area contributed by atoms with Crippen molar-refractivity contribution in [1.29, 1.82) is 0 Å². The molecule has 0 heterocycles. The lowest BCUT2D eigenvalue weighted by molar-refractivity contribution is -0.139. The molecule has 0 bridgehead atoms. The summed E-state index contributed by atoms with van der Waals surface area (Å²) in [5, 5.41) is 2.87. The molecule has 10 heteroatoms. The van der Waals surface area contributed by atoms with Crippen LogP contribution in [-0.4, -0.2) is 68.7 Å². The molecule has 0 aromatic heterocycles. The summed E-state index contributed by atoms with van der Waals surface area (Å²) >= 11 is 0. The van der Waals surface area contributed by atoms with Crippen molar-refractivity contribution in [2.75, 3.05) is 31.5 Å². The summed E-state index contributed by atoms with van der Waals surface area (Å²) in [6, 6.07) is 13.9. The fraction of sp³-hybridized carbons (Fsp3) is 0.440. The van der Waals surface area contributed by atoms with Crippen LogP contribution in [0.4, 0.5) is 10.1 Å². The largest absolute Gasteiger partial charge is 0.352 e. The Balaban J connectivity index is 2.39. The number of carbonyl (C=O) groups is 2. The highest BCUT2D eigenvalue weighted by atomic mass is 32.2. The fourth-order valence-electron chi connectivity index (χ4n) is 3.39. The van der Waals surface area contributed by atoms with E-state index in [1.54, 1.807) is 6.92 Å². The lowest BCUT2D eigenvalue weighted by atomic mass is 10.1. The first kappa shape index (κ1) is 28.3. The van der Waals surface area contributed by atoms with Gasteiger partial charge in [-0.1, -0.05) is 49.4 Å². The van der Waals surface area contributed by atoms with Gasteiger partial charge in [-0.15, -0.1) is 0 Å². The average molecular weight is 507 g/mol. The van der Waals surface area contributed by atoms with E-state index in [0.29, 0.717) is 6.42 Å². The Morgan fingerprint density at radius 2 is 1.60 bits per heavy atom. The van der Waals surface area contributed by atoms with Gasteiger partial charge in [-0.2, -0.15) is 12.7 Å². The maximum absolute atomic E-state index is 14.6. The average Bonchev–Trinajstić information content (AvgIpc) is 2.83. The van der Waals surface area contributed by atoms with Gasteiger partial charge in [0.1, 0.15) is 18.4 Å². The molecular formula is C25H35FN4O4S. The van der Waals surface area contributed by atoms with Crippen molar-refractivity contribution in [3.8, 4) is 0 Å². The molecule has 192 valence electrons. The fourth-order valence-corrected chi connectivity index (χ4v) is 4.46. The van der Waals surface area contributed by atoms with Gasteiger partial charge in [-0.3, -0.25) is 9.59 Å². The van der Waals surface area contributed by atoms with Crippen molar-refractivity contribution in [1.82, 2.24) is 14.5 Å². The molecule has 35 heavy (non-hydrogen) atoms. The molecule has 0 fully saturated rings. The minimum Gasteiger partial charge on any atom is -0.352 e. The normalized spacial score (nSPS) is 13.2. The zero-order valence-electron chi connectivity index (χ0n) is 20.9. The summed E-state index contributed by atoms with van der Waals surface area (Å²) < 4.78 is 42.3. The Kier molecular flexibility index (Phi) is 10.2. The second-order valence-corrected chi connectivity index (χ2v) is 10.6. The number of nitrogens with one attached hydrogen (secondary N) is 1. The number of rotatable bonds is 12. The van der Waals surface area contributed by atoms with Crippen molar-refractivity contribution in [3.05, 3.63) is 66.0 Å². The highest BCUT2D eigenvalue weighted by Crippen LogP contribution is 2.23. The molecule has 1 N–H and O–H groups in total. The predicted octanol–water partition coefficient (Wildman–Crippen LogP) is 2.81. The van der Waals surface area contributed by atoms with E-state index in [1.165, 1.54) is 37.2 Å². The van der Waals surface area contributed by atoms with Crippen molar-refractivity contribution < 1.29 is 22.4 Å². The Hall–Kier alpha value is -2.98. The number of para-hydroxylation sites is 1. The Bertz CT molecular complexity index is 1100. The first-order valence-corrected chi connectivity index (χ1v) is 13.0. The van der Waals surface area contributed by atoms with Gasteiger partial charge in [0.2, 0.25) is 11.8 Å². The number of nitrogens with zero attached hydrogens (tertiary/aromatic N) is 3. The topological polar surface area (TPSA) is 90.0 Å². The van der Waals surface area contributed by atoms with Crippen LogP contribution >= 0.6 is 0 Å². The molecule has 0 radical (unpaired) electrons. The number of anilines is 1. The molecular weight excluding hydrogens is 471 g/mol. The summed E-state index contributed by atoms with van der Waals surface area (Å²) in [4.78, 5) is 27.8. The zero-order chi connectivity index (χ0) is 26.2. The number of benzene rings is 2. The van der Waals surface area contributed by atoms with Gasteiger partial charge in [0.05, 0.1) is 5.69 Å². The summed E-state index contributed by atoms with van der Waals surface area (Å²) in [6.45, 7) is 4.94. The van der Waals surface area contributed by atoms with E-state index in [4.69, 9.17) is 0 Å². The van der Waals surface area contributed by atoms with Crippen LogP contribution in [0.1, 0.15) is 32.8 Å². The van der Waals surface area contributed by atoms with E-state index in [1.807, 2.05) is 44.2 Å². The van der Waals surface area contributed by atoms with E-state index in [2.05, 4.69) is 5.32 Å². The molecule has 2 amide bonds. The lowest BCUT2D eigenvalue weighted by Crippen LogP contribution is -2.54. The number of halogens is 1. The summed E-state index contributed by atoms with van der Waals surface area (Å²) in [6.07, 6.45) is 1.19. The van der Waals surface area contributed by atoms with E-state index >= 15 is 0 Å². The van der Waals surface area contributed by atoms with Crippen LogP contribution in [0, 0.1) is 5.82 Å². The van der Waals surface area contributed by atoms with Crippen LogP contribution < -0.4 is 9.62 Å². The molecule has 2 rings (SSSR count).